The summed E-state index contributed by atoms with van der Waals surface area (Å²) in [6, 6.07) is 9.71. The molecule has 2 amide bonds. The number of carbonyl (C=O) groups is 2. The maximum Gasteiger partial charge on any atom is 0.324 e. The predicted molar refractivity (Wildman–Crippen MR) is 93.2 cm³/mol. The van der Waals surface area contributed by atoms with Crippen molar-refractivity contribution in [3.8, 4) is 0 Å². The minimum atomic E-state index is -0.516. The monoisotopic (exact) mass is 410 g/mol. The Bertz CT molecular complexity index is 806. The first kappa shape index (κ1) is 17.8. The standard InChI is InChI=1S/C14H11BrN4O4S/c15-11-4-2-1-3-10(11)14(21)16-8-12(20)18-17-7-9-5-6-13(24-9)19(22)23/h1-7H,8H2,(H,16,21)(H,18,20)/b17-7+. The Labute approximate surface area is 148 Å². The van der Waals surface area contributed by atoms with Crippen LogP contribution in [0.15, 0.2) is 46.0 Å². The zero-order valence-electron chi connectivity index (χ0n) is 12.1. The highest BCUT2D eigenvalue weighted by atomic mass is 79.9. The molecule has 0 aliphatic heterocycles. The highest BCUT2D eigenvalue weighted by molar-refractivity contribution is 9.10. The normalized spacial score (nSPS) is 10.5. The van der Waals surface area contributed by atoms with Crippen molar-refractivity contribution in [1.82, 2.24) is 10.7 Å². The lowest BCUT2D eigenvalue weighted by atomic mass is 10.2. The smallest absolute Gasteiger partial charge is 0.324 e. The fourth-order valence-electron chi connectivity index (χ4n) is 1.62. The van der Waals surface area contributed by atoms with E-state index in [2.05, 4.69) is 31.8 Å². The average molecular weight is 411 g/mol. The summed E-state index contributed by atoms with van der Waals surface area (Å²) >= 11 is 4.19. The summed E-state index contributed by atoms with van der Waals surface area (Å²) in [6.45, 7) is -0.248. The number of hydrazone groups is 1. The van der Waals surface area contributed by atoms with Crippen LogP contribution in [0.4, 0.5) is 5.00 Å². The van der Waals surface area contributed by atoms with Crippen LogP contribution in [0.2, 0.25) is 0 Å². The van der Waals surface area contributed by atoms with Gasteiger partial charge in [-0.25, -0.2) is 5.43 Å². The van der Waals surface area contributed by atoms with Gasteiger partial charge < -0.3 is 5.32 Å². The largest absolute Gasteiger partial charge is 0.343 e. The Morgan fingerprint density at radius 2 is 2.04 bits per heavy atom. The number of amides is 2. The van der Waals surface area contributed by atoms with Crippen LogP contribution in [0.25, 0.3) is 0 Å². The minimum Gasteiger partial charge on any atom is -0.343 e. The molecule has 0 spiro atoms. The molecule has 1 aromatic heterocycles. The molecule has 0 saturated carbocycles. The maximum atomic E-state index is 11.9. The Hall–Kier alpha value is -2.59. The first-order valence-corrected chi connectivity index (χ1v) is 8.17. The van der Waals surface area contributed by atoms with Crippen molar-refractivity contribution in [3.05, 3.63) is 61.4 Å². The highest BCUT2D eigenvalue weighted by Gasteiger charge is 2.11. The van der Waals surface area contributed by atoms with Crippen molar-refractivity contribution in [2.75, 3.05) is 6.54 Å². The number of nitrogens with one attached hydrogen (secondary N) is 2. The lowest BCUT2D eigenvalue weighted by Gasteiger charge is -2.05. The fraction of sp³-hybridized carbons (Fsp3) is 0.0714. The van der Waals surface area contributed by atoms with Crippen LogP contribution in [0, 0.1) is 10.1 Å². The third kappa shape index (κ3) is 4.96. The van der Waals surface area contributed by atoms with Gasteiger partial charge in [0.05, 0.1) is 28.1 Å². The van der Waals surface area contributed by atoms with Gasteiger partial charge in [0.1, 0.15) is 0 Å². The van der Waals surface area contributed by atoms with Crippen LogP contribution in [0.3, 0.4) is 0 Å². The summed E-state index contributed by atoms with van der Waals surface area (Å²) in [5, 5.41) is 16.7. The molecule has 0 radical (unpaired) electrons. The number of halogens is 1. The summed E-state index contributed by atoms with van der Waals surface area (Å²) < 4.78 is 0.625. The molecule has 0 fully saturated rings. The van der Waals surface area contributed by atoms with E-state index < -0.39 is 16.7 Å². The molecular weight excluding hydrogens is 400 g/mol. The summed E-state index contributed by atoms with van der Waals surface area (Å²) in [5.74, 6) is -0.909. The van der Waals surface area contributed by atoms with Crippen molar-refractivity contribution in [2.24, 2.45) is 5.10 Å². The van der Waals surface area contributed by atoms with Crippen molar-refractivity contribution in [1.29, 1.82) is 0 Å². The molecule has 1 heterocycles. The second-order valence-electron chi connectivity index (χ2n) is 4.39. The topological polar surface area (TPSA) is 114 Å². The Morgan fingerprint density at radius 3 is 2.71 bits per heavy atom. The summed E-state index contributed by atoms with van der Waals surface area (Å²) in [4.78, 5) is 34.1. The molecule has 2 rings (SSSR count). The van der Waals surface area contributed by atoms with Gasteiger partial charge in [-0.1, -0.05) is 23.5 Å². The number of benzene rings is 1. The van der Waals surface area contributed by atoms with Crippen molar-refractivity contribution >= 4 is 50.3 Å². The highest BCUT2D eigenvalue weighted by Crippen LogP contribution is 2.22. The predicted octanol–water partition coefficient (Wildman–Crippen LogP) is 2.30. The molecule has 0 aliphatic carbocycles. The van der Waals surface area contributed by atoms with Crippen LogP contribution in [-0.4, -0.2) is 29.5 Å². The van der Waals surface area contributed by atoms with Crippen molar-refractivity contribution in [2.45, 2.75) is 0 Å². The molecule has 10 heteroatoms. The van der Waals surface area contributed by atoms with Gasteiger partial charge in [-0.15, -0.1) is 0 Å². The Morgan fingerprint density at radius 1 is 1.29 bits per heavy atom. The Balaban J connectivity index is 1.81. The van der Waals surface area contributed by atoms with Crippen molar-refractivity contribution in [3.63, 3.8) is 0 Å². The molecule has 0 saturated heterocycles. The number of nitro groups is 1. The molecule has 0 aliphatic rings. The van der Waals surface area contributed by atoms with Crippen LogP contribution < -0.4 is 10.7 Å². The number of hydrogen-bond acceptors (Lipinski definition) is 6. The van der Waals surface area contributed by atoms with Crippen LogP contribution in [0.1, 0.15) is 15.2 Å². The van der Waals surface area contributed by atoms with E-state index in [0.29, 0.717) is 14.9 Å². The number of hydrogen-bond donors (Lipinski definition) is 2. The Kier molecular flexibility index (Phi) is 6.15. The van der Waals surface area contributed by atoms with E-state index in [4.69, 9.17) is 0 Å². The summed E-state index contributed by atoms with van der Waals surface area (Å²) in [7, 11) is 0. The number of rotatable bonds is 6. The van der Waals surface area contributed by atoms with Gasteiger partial charge in [0.2, 0.25) is 0 Å². The van der Waals surface area contributed by atoms with E-state index in [1.807, 2.05) is 0 Å². The summed E-state index contributed by atoms with van der Waals surface area (Å²) in [5.41, 5.74) is 2.65. The molecular formula is C14H11BrN4O4S. The van der Waals surface area contributed by atoms with E-state index in [9.17, 15) is 19.7 Å². The number of nitrogens with zero attached hydrogens (tertiary/aromatic N) is 2. The molecule has 124 valence electrons. The van der Waals surface area contributed by atoms with Gasteiger partial charge in [-0.2, -0.15) is 5.10 Å². The van der Waals surface area contributed by atoms with Gasteiger partial charge in [0, 0.05) is 10.5 Å². The number of thiophene rings is 1. The molecule has 0 unspecified atom stereocenters. The van der Waals surface area contributed by atoms with Crippen LogP contribution in [0.5, 0.6) is 0 Å². The SMILES string of the molecule is O=C(CNC(=O)c1ccccc1Br)N/N=C/c1ccc([N+](=O)[O-])s1. The van der Waals surface area contributed by atoms with Gasteiger partial charge >= 0.3 is 5.00 Å². The lowest BCUT2D eigenvalue weighted by Crippen LogP contribution is -2.35. The molecule has 0 bridgehead atoms. The van der Waals surface area contributed by atoms with Gasteiger partial charge in [-0.05, 0) is 34.1 Å². The zero-order valence-corrected chi connectivity index (χ0v) is 14.5. The maximum absolute atomic E-state index is 11.9. The van der Waals surface area contributed by atoms with E-state index in [1.165, 1.54) is 18.3 Å². The van der Waals surface area contributed by atoms with E-state index in [-0.39, 0.29) is 11.5 Å². The first-order valence-electron chi connectivity index (χ1n) is 6.56. The molecule has 2 N–H and O–H groups in total. The third-order valence-corrected chi connectivity index (χ3v) is 4.36. The second-order valence-corrected chi connectivity index (χ2v) is 6.34. The van der Waals surface area contributed by atoms with E-state index >= 15 is 0 Å². The first-order chi connectivity index (χ1) is 11.5. The fourth-order valence-corrected chi connectivity index (χ4v) is 2.78. The quantitative estimate of drug-likeness (QED) is 0.431. The molecule has 0 atom stereocenters. The molecule has 2 aromatic rings. The van der Waals surface area contributed by atoms with Gasteiger partial charge in [0.25, 0.3) is 11.8 Å². The van der Waals surface area contributed by atoms with Gasteiger partial charge in [0.15, 0.2) is 0 Å². The van der Waals surface area contributed by atoms with E-state index in [0.717, 1.165) is 11.3 Å². The molecule has 8 nitrogen and oxygen atoms in total. The number of carbonyl (C=O) groups excluding carboxylic acids is 2. The van der Waals surface area contributed by atoms with E-state index in [1.54, 1.807) is 24.3 Å². The van der Waals surface area contributed by atoms with Crippen LogP contribution in [-0.2, 0) is 4.79 Å². The van der Waals surface area contributed by atoms with Crippen LogP contribution >= 0.6 is 27.3 Å². The summed E-state index contributed by atoms with van der Waals surface area (Å²) in [6.07, 6.45) is 1.30. The average Bonchev–Trinajstić information content (AvgIpc) is 3.02. The molecule has 1 aromatic carbocycles. The van der Waals surface area contributed by atoms with Crippen molar-refractivity contribution < 1.29 is 14.5 Å². The van der Waals surface area contributed by atoms with Gasteiger partial charge in [-0.3, -0.25) is 19.7 Å². The minimum absolute atomic E-state index is 0.0107. The second kappa shape index (κ2) is 8.31. The third-order valence-electron chi connectivity index (χ3n) is 2.70. The molecule has 24 heavy (non-hydrogen) atoms. The zero-order chi connectivity index (χ0) is 17.5. The lowest BCUT2D eigenvalue weighted by molar-refractivity contribution is -0.380.